The van der Waals surface area contributed by atoms with Crippen LogP contribution in [0, 0.1) is 5.92 Å². The van der Waals surface area contributed by atoms with Gasteiger partial charge >= 0.3 is 0 Å². The van der Waals surface area contributed by atoms with E-state index in [1.807, 2.05) is 52.9 Å². The van der Waals surface area contributed by atoms with Gasteiger partial charge in [0.25, 0.3) is 0 Å². The Labute approximate surface area is 128 Å². The fraction of sp³-hybridized carbons (Fsp3) is 0.625. The Kier molecular flexibility index (Phi) is 6.68. The average molecular weight is 313 g/mol. The van der Waals surface area contributed by atoms with Gasteiger partial charge in [-0.25, -0.2) is 8.42 Å². The van der Waals surface area contributed by atoms with E-state index >= 15 is 0 Å². The molecule has 1 aromatic carbocycles. The first-order valence-electron chi connectivity index (χ1n) is 7.42. The van der Waals surface area contributed by atoms with E-state index in [1.54, 1.807) is 0 Å². The molecule has 1 aromatic rings. The molecule has 4 nitrogen and oxygen atoms in total. The molecule has 0 spiro atoms. The Morgan fingerprint density at radius 3 is 2.43 bits per heavy atom. The van der Waals surface area contributed by atoms with Gasteiger partial charge in [0.15, 0.2) is 9.84 Å². The van der Waals surface area contributed by atoms with Crippen molar-refractivity contribution in [2.45, 2.75) is 39.5 Å². The molecule has 120 valence electrons. The topological polar surface area (TPSA) is 55.4 Å². The Bertz CT molecular complexity index is 553. The summed E-state index contributed by atoms with van der Waals surface area (Å²) in [6.45, 7) is 8.30. The van der Waals surface area contributed by atoms with E-state index in [2.05, 4.69) is 5.32 Å². The summed E-state index contributed by atoms with van der Waals surface area (Å²) in [4.78, 5) is 0. The van der Waals surface area contributed by atoms with Crippen molar-refractivity contribution in [3.8, 4) is 5.75 Å². The van der Waals surface area contributed by atoms with E-state index in [1.165, 1.54) is 0 Å². The molecule has 0 aliphatic heterocycles. The van der Waals surface area contributed by atoms with Crippen LogP contribution in [0.5, 0.6) is 5.75 Å². The summed E-state index contributed by atoms with van der Waals surface area (Å²) in [7, 11) is -1.24. The summed E-state index contributed by atoms with van der Waals surface area (Å²) in [5.41, 5.74) is 1.81. The van der Waals surface area contributed by atoms with E-state index in [9.17, 15) is 8.42 Å². The fourth-order valence-corrected chi connectivity index (χ4v) is 4.08. The smallest absolute Gasteiger partial charge is 0.154 e. The predicted octanol–water partition coefficient (Wildman–Crippen LogP) is 2.94. The van der Waals surface area contributed by atoms with Crippen LogP contribution in [0.25, 0.3) is 0 Å². The largest absolute Gasteiger partial charge is 0.494 e. The summed E-state index contributed by atoms with van der Waals surface area (Å²) in [5.74, 6) is 1.02. The van der Waals surface area contributed by atoms with Crippen molar-refractivity contribution in [2.75, 3.05) is 19.4 Å². The molecular weight excluding hydrogens is 286 g/mol. The standard InChI is InChI=1S/C16H27NO3S/c1-6-20-16-8-7-14(13(4)17-5)9-15(16)11-21(18,19)10-12(2)3/h7-9,12-13,17H,6,10-11H2,1-5H3. The predicted molar refractivity (Wildman–Crippen MR) is 87.4 cm³/mol. The molecule has 0 saturated heterocycles. The Morgan fingerprint density at radius 2 is 1.90 bits per heavy atom. The van der Waals surface area contributed by atoms with Crippen LogP contribution in [-0.4, -0.2) is 27.8 Å². The zero-order valence-corrected chi connectivity index (χ0v) is 14.5. The lowest BCUT2D eigenvalue weighted by Gasteiger charge is -2.16. The molecule has 0 radical (unpaired) electrons. The molecule has 1 rings (SSSR count). The van der Waals surface area contributed by atoms with E-state index in [-0.39, 0.29) is 23.5 Å². The zero-order chi connectivity index (χ0) is 16.0. The van der Waals surface area contributed by atoms with Crippen LogP contribution in [0.1, 0.15) is 44.9 Å². The lowest BCUT2D eigenvalue weighted by molar-refractivity contribution is 0.337. The number of rotatable bonds is 8. The molecule has 0 bridgehead atoms. The summed E-state index contributed by atoms with van der Waals surface area (Å²) in [5, 5.41) is 3.16. The van der Waals surface area contributed by atoms with Gasteiger partial charge < -0.3 is 10.1 Å². The van der Waals surface area contributed by atoms with Crippen LogP contribution in [0.3, 0.4) is 0 Å². The van der Waals surface area contributed by atoms with Crippen molar-refractivity contribution >= 4 is 9.84 Å². The maximum absolute atomic E-state index is 12.2. The van der Waals surface area contributed by atoms with Gasteiger partial charge in [0.05, 0.1) is 18.1 Å². The van der Waals surface area contributed by atoms with Crippen LogP contribution < -0.4 is 10.1 Å². The molecule has 0 aliphatic carbocycles. The SMILES string of the molecule is CCOc1ccc(C(C)NC)cc1CS(=O)(=O)CC(C)C. The van der Waals surface area contributed by atoms with Crippen molar-refractivity contribution in [2.24, 2.45) is 5.92 Å². The van der Waals surface area contributed by atoms with Crippen molar-refractivity contribution in [1.82, 2.24) is 5.32 Å². The minimum atomic E-state index is -3.12. The molecule has 1 unspecified atom stereocenters. The lowest BCUT2D eigenvalue weighted by atomic mass is 10.1. The molecule has 0 amide bonds. The highest BCUT2D eigenvalue weighted by atomic mass is 32.2. The normalized spacial score (nSPS) is 13.4. The van der Waals surface area contributed by atoms with Crippen molar-refractivity contribution in [3.63, 3.8) is 0 Å². The molecule has 21 heavy (non-hydrogen) atoms. The van der Waals surface area contributed by atoms with Gasteiger partial charge in [-0.15, -0.1) is 0 Å². The van der Waals surface area contributed by atoms with Crippen molar-refractivity contribution in [3.05, 3.63) is 29.3 Å². The lowest BCUT2D eigenvalue weighted by Crippen LogP contribution is -2.16. The Morgan fingerprint density at radius 1 is 1.24 bits per heavy atom. The number of hydrogen-bond acceptors (Lipinski definition) is 4. The second kappa shape index (κ2) is 7.80. The molecule has 0 fully saturated rings. The van der Waals surface area contributed by atoms with Gasteiger partial charge in [-0.2, -0.15) is 0 Å². The van der Waals surface area contributed by atoms with Crippen molar-refractivity contribution < 1.29 is 13.2 Å². The second-order valence-corrected chi connectivity index (χ2v) is 7.87. The third kappa shape index (κ3) is 5.67. The number of nitrogens with one attached hydrogen (secondary N) is 1. The zero-order valence-electron chi connectivity index (χ0n) is 13.6. The molecular formula is C16H27NO3S. The third-order valence-corrected chi connectivity index (χ3v) is 5.21. The molecule has 0 aromatic heterocycles. The number of benzene rings is 1. The molecule has 5 heteroatoms. The Balaban J connectivity index is 3.11. The Hall–Kier alpha value is -1.07. The molecule has 1 atom stereocenters. The van der Waals surface area contributed by atoms with Gasteiger partial charge in [0, 0.05) is 11.6 Å². The van der Waals surface area contributed by atoms with Crippen LogP contribution >= 0.6 is 0 Å². The maximum atomic E-state index is 12.2. The first-order chi connectivity index (χ1) is 9.79. The van der Waals surface area contributed by atoms with Crippen LogP contribution in [0.4, 0.5) is 0 Å². The van der Waals surface area contributed by atoms with E-state index in [0.717, 1.165) is 11.1 Å². The van der Waals surface area contributed by atoms with Crippen LogP contribution in [0.2, 0.25) is 0 Å². The number of hydrogen-bond donors (Lipinski definition) is 1. The van der Waals surface area contributed by atoms with E-state index < -0.39 is 9.84 Å². The molecule has 1 N–H and O–H groups in total. The monoisotopic (exact) mass is 313 g/mol. The highest BCUT2D eigenvalue weighted by Crippen LogP contribution is 2.26. The van der Waals surface area contributed by atoms with E-state index in [4.69, 9.17) is 4.74 Å². The minimum Gasteiger partial charge on any atom is -0.494 e. The first kappa shape index (κ1) is 18.0. The molecule has 0 aliphatic rings. The minimum absolute atomic E-state index is 0.0325. The van der Waals surface area contributed by atoms with Gasteiger partial charge in [-0.3, -0.25) is 0 Å². The van der Waals surface area contributed by atoms with Crippen LogP contribution in [-0.2, 0) is 15.6 Å². The highest BCUT2D eigenvalue weighted by molar-refractivity contribution is 7.90. The maximum Gasteiger partial charge on any atom is 0.154 e. The first-order valence-corrected chi connectivity index (χ1v) is 9.24. The van der Waals surface area contributed by atoms with Gasteiger partial charge in [-0.1, -0.05) is 19.9 Å². The summed E-state index contributed by atoms with van der Waals surface area (Å²) >= 11 is 0. The summed E-state index contributed by atoms with van der Waals surface area (Å²) < 4.78 is 30.1. The molecule has 0 heterocycles. The van der Waals surface area contributed by atoms with E-state index in [0.29, 0.717) is 12.4 Å². The second-order valence-electron chi connectivity index (χ2n) is 5.76. The number of ether oxygens (including phenoxy) is 1. The number of sulfone groups is 1. The van der Waals surface area contributed by atoms with Gasteiger partial charge in [0.1, 0.15) is 5.75 Å². The fourth-order valence-electron chi connectivity index (χ4n) is 2.25. The molecule has 0 saturated carbocycles. The average Bonchev–Trinajstić information content (AvgIpc) is 2.38. The van der Waals surface area contributed by atoms with Gasteiger partial charge in [0.2, 0.25) is 0 Å². The van der Waals surface area contributed by atoms with Gasteiger partial charge in [-0.05, 0) is 44.5 Å². The van der Waals surface area contributed by atoms with Crippen LogP contribution in [0.15, 0.2) is 18.2 Å². The highest BCUT2D eigenvalue weighted by Gasteiger charge is 2.18. The summed E-state index contributed by atoms with van der Waals surface area (Å²) in [6, 6.07) is 5.95. The summed E-state index contributed by atoms with van der Waals surface area (Å²) in [6.07, 6.45) is 0. The third-order valence-electron chi connectivity index (χ3n) is 3.28. The quantitative estimate of drug-likeness (QED) is 0.802. The van der Waals surface area contributed by atoms with Crippen molar-refractivity contribution in [1.29, 1.82) is 0 Å².